The van der Waals surface area contributed by atoms with Crippen molar-refractivity contribution in [3.05, 3.63) is 34.6 Å². The number of Topliss-reactive ketones (excluding diaryl/α,β-unsaturated/α-hetero) is 1. The zero-order valence-corrected chi connectivity index (χ0v) is 13.6. The minimum absolute atomic E-state index is 0.0973. The molecule has 1 heterocycles. The first-order valence-corrected chi connectivity index (χ1v) is 7.52. The number of aliphatic hydroxyl groups excluding tert-OH is 1. The number of ketones is 1. The average Bonchev–Trinajstić information content (AvgIpc) is 2.90. The van der Waals surface area contributed by atoms with Crippen LogP contribution in [0.5, 0.6) is 11.5 Å². The molecule has 1 aromatic carbocycles. The number of methoxy groups -OCH3 is 2. The van der Waals surface area contributed by atoms with Gasteiger partial charge in [0.25, 0.3) is 0 Å². The Kier molecular flexibility index (Phi) is 4.12. The topological polar surface area (TPSA) is 119 Å². The molecule has 25 heavy (non-hydrogen) atoms. The highest BCUT2D eigenvalue weighted by atomic mass is 16.6. The van der Waals surface area contributed by atoms with Crippen molar-refractivity contribution in [2.24, 2.45) is 5.92 Å². The first-order chi connectivity index (χ1) is 11.9. The number of carboxylic acid groups (broad SMARTS) is 1. The Bertz CT molecular complexity index is 807. The van der Waals surface area contributed by atoms with E-state index in [-0.39, 0.29) is 35.5 Å². The predicted molar refractivity (Wildman–Crippen MR) is 82.7 cm³/mol. The van der Waals surface area contributed by atoms with Crippen LogP contribution in [-0.2, 0) is 14.3 Å². The Morgan fingerprint density at radius 2 is 1.92 bits per heavy atom. The van der Waals surface area contributed by atoms with Gasteiger partial charge >= 0.3 is 11.9 Å². The Morgan fingerprint density at radius 3 is 2.48 bits per heavy atom. The van der Waals surface area contributed by atoms with Crippen molar-refractivity contribution in [2.75, 3.05) is 14.2 Å². The second-order valence-corrected chi connectivity index (χ2v) is 5.81. The summed E-state index contributed by atoms with van der Waals surface area (Å²) in [6, 6.07) is 3.05. The van der Waals surface area contributed by atoms with Gasteiger partial charge in [-0.3, -0.25) is 9.59 Å². The zero-order chi connectivity index (χ0) is 18.3. The molecule has 0 saturated carbocycles. The van der Waals surface area contributed by atoms with Crippen molar-refractivity contribution in [3.8, 4) is 11.5 Å². The van der Waals surface area contributed by atoms with Crippen LogP contribution in [0.4, 0.5) is 0 Å². The van der Waals surface area contributed by atoms with Crippen LogP contribution < -0.4 is 9.47 Å². The quantitative estimate of drug-likeness (QED) is 0.790. The van der Waals surface area contributed by atoms with Crippen LogP contribution >= 0.6 is 0 Å². The lowest BCUT2D eigenvalue weighted by Gasteiger charge is -2.23. The molecule has 1 aromatic rings. The van der Waals surface area contributed by atoms with E-state index in [2.05, 4.69) is 0 Å². The number of carbonyl (C=O) groups is 3. The molecular weight excluding hydrogens is 332 g/mol. The molecule has 2 unspecified atom stereocenters. The molecule has 2 N–H and O–H groups in total. The standard InChI is InChI=1S/C17H16O8/c1-23-8-5-9-13(12(6-8)24-2)17(22)25-15(9)14-10(18)3-7(16(20)21)4-11(14)19/h5-7,15,18H,3-4H2,1-2H3,(H,20,21). The lowest BCUT2D eigenvalue weighted by molar-refractivity contribution is -0.144. The number of hydrogen-bond donors (Lipinski definition) is 2. The number of fused-ring (bicyclic) bond motifs is 1. The van der Waals surface area contributed by atoms with Gasteiger partial charge in [0.15, 0.2) is 11.9 Å². The maximum absolute atomic E-state index is 12.4. The van der Waals surface area contributed by atoms with Gasteiger partial charge in [-0.1, -0.05) is 0 Å². The number of aliphatic hydroxyl groups is 1. The van der Waals surface area contributed by atoms with Crippen LogP contribution in [0.25, 0.3) is 0 Å². The van der Waals surface area contributed by atoms with Crippen LogP contribution in [0, 0.1) is 5.92 Å². The van der Waals surface area contributed by atoms with Crippen LogP contribution in [0.3, 0.4) is 0 Å². The van der Waals surface area contributed by atoms with E-state index < -0.39 is 29.7 Å². The van der Waals surface area contributed by atoms with Gasteiger partial charge in [-0.25, -0.2) is 4.79 Å². The molecule has 0 spiro atoms. The monoisotopic (exact) mass is 348 g/mol. The number of esters is 1. The number of hydrogen-bond acceptors (Lipinski definition) is 7. The molecule has 0 fully saturated rings. The fraction of sp³-hybridized carbons (Fsp3) is 0.353. The maximum Gasteiger partial charge on any atom is 0.343 e. The summed E-state index contributed by atoms with van der Waals surface area (Å²) in [6.45, 7) is 0. The van der Waals surface area contributed by atoms with Crippen molar-refractivity contribution in [3.63, 3.8) is 0 Å². The van der Waals surface area contributed by atoms with E-state index >= 15 is 0 Å². The molecular formula is C17H16O8. The third-order valence-electron chi connectivity index (χ3n) is 4.37. The van der Waals surface area contributed by atoms with E-state index in [0.717, 1.165) is 0 Å². The van der Waals surface area contributed by atoms with Gasteiger partial charge in [0.05, 0.1) is 25.7 Å². The number of carboxylic acids is 1. The molecule has 2 atom stereocenters. The summed E-state index contributed by atoms with van der Waals surface area (Å²) in [4.78, 5) is 35.7. The van der Waals surface area contributed by atoms with Crippen molar-refractivity contribution in [1.29, 1.82) is 0 Å². The number of ether oxygens (including phenoxy) is 3. The minimum atomic E-state index is -1.16. The normalized spacial score (nSPS) is 22.5. The second kappa shape index (κ2) is 6.12. The van der Waals surface area contributed by atoms with Gasteiger partial charge in [0, 0.05) is 24.5 Å². The van der Waals surface area contributed by atoms with Gasteiger partial charge < -0.3 is 24.4 Å². The number of cyclic esters (lactones) is 1. The number of aliphatic carboxylic acids is 1. The Labute approximate surface area is 142 Å². The van der Waals surface area contributed by atoms with E-state index in [4.69, 9.17) is 19.3 Å². The van der Waals surface area contributed by atoms with E-state index in [1.807, 2.05) is 0 Å². The predicted octanol–water partition coefficient (Wildman–Crippen LogP) is 1.79. The lowest BCUT2D eigenvalue weighted by atomic mass is 9.83. The molecule has 8 nitrogen and oxygen atoms in total. The molecule has 3 rings (SSSR count). The van der Waals surface area contributed by atoms with Crippen LogP contribution in [0.1, 0.15) is 34.9 Å². The summed E-state index contributed by atoms with van der Waals surface area (Å²) in [7, 11) is 2.82. The van der Waals surface area contributed by atoms with Crippen molar-refractivity contribution >= 4 is 17.7 Å². The highest BCUT2D eigenvalue weighted by molar-refractivity contribution is 6.04. The van der Waals surface area contributed by atoms with Crippen LogP contribution in [-0.4, -0.2) is 42.2 Å². The number of carbonyl (C=O) groups excluding carboxylic acids is 2. The summed E-state index contributed by atoms with van der Waals surface area (Å²) in [5.41, 5.74) is 0.395. The summed E-state index contributed by atoms with van der Waals surface area (Å²) < 4.78 is 15.6. The third kappa shape index (κ3) is 2.69. The maximum atomic E-state index is 12.4. The molecule has 2 aliphatic rings. The van der Waals surface area contributed by atoms with Crippen LogP contribution in [0.15, 0.2) is 23.5 Å². The van der Waals surface area contributed by atoms with Gasteiger partial charge in [0.2, 0.25) is 0 Å². The molecule has 1 aliphatic heterocycles. The largest absolute Gasteiger partial charge is 0.512 e. The minimum Gasteiger partial charge on any atom is -0.512 e. The van der Waals surface area contributed by atoms with Gasteiger partial charge in [-0.15, -0.1) is 0 Å². The van der Waals surface area contributed by atoms with E-state index in [1.54, 1.807) is 0 Å². The fourth-order valence-electron chi connectivity index (χ4n) is 3.14. The molecule has 8 heteroatoms. The van der Waals surface area contributed by atoms with Crippen molar-refractivity contribution in [1.82, 2.24) is 0 Å². The molecule has 0 bridgehead atoms. The van der Waals surface area contributed by atoms with E-state index in [1.165, 1.54) is 26.4 Å². The number of rotatable bonds is 4. The third-order valence-corrected chi connectivity index (χ3v) is 4.37. The highest BCUT2D eigenvalue weighted by Gasteiger charge is 2.43. The Balaban J connectivity index is 2.10. The Morgan fingerprint density at radius 1 is 1.20 bits per heavy atom. The first kappa shape index (κ1) is 16.8. The van der Waals surface area contributed by atoms with Crippen molar-refractivity contribution < 1.29 is 38.8 Å². The lowest BCUT2D eigenvalue weighted by Crippen LogP contribution is -2.28. The van der Waals surface area contributed by atoms with Gasteiger partial charge in [-0.2, -0.15) is 0 Å². The average molecular weight is 348 g/mol. The molecule has 1 aliphatic carbocycles. The summed E-state index contributed by atoms with van der Waals surface area (Å²) in [5.74, 6) is -3.16. The molecule has 132 valence electrons. The van der Waals surface area contributed by atoms with Crippen molar-refractivity contribution in [2.45, 2.75) is 18.9 Å². The van der Waals surface area contributed by atoms with Crippen LogP contribution in [0.2, 0.25) is 0 Å². The smallest absolute Gasteiger partial charge is 0.343 e. The second-order valence-electron chi connectivity index (χ2n) is 5.81. The Hall–Kier alpha value is -3.03. The van der Waals surface area contributed by atoms with E-state index in [9.17, 15) is 19.5 Å². The summed E-state index contributed by atoms with van der Waals surface area (Å²) in [6.07, 6.45) is -1.58. The molecule has 0 radical (unpaired) electrons. The highest BCUT2D eigenvalue weighted by Crippen LogP contribution is 2.45. The van der Waals surface area contributed by atoms with E-state index in [0.29, 0.717) is 11.3 Å². The first-order valence-electron chi connectivity index (χ1n) is 7.52. The zero-order valence-electron chi connectivity index (χ0n) is 13.6. The SMILES string of the molecule is COc1cc(OC)c2c(c1)C(C1=C(O)CC(C(=O)O)CC1=O)OC2=O. The van der Waals surface area contributed by atoms with Gasteiger partial charge in [-0.05, 0) is 6.07 Å². The molecule has 0 saturated heterocycles. The molecule has 0 aromatic heterocycles. The number of benzene rings is 1. The number of allylic oxidation sites excluding steroid dienone is 1. The van der Waals surface area contributed by atoms with Gasteiger partial charge in [0.1, 0.15) is 22.8 Å². The molecule has 0 amide bonds. The fourth-order valence-corrected chi connectivity index (χ4v) is 3.14. The summed E-state index contributed by atoms with van der Waals surface area (Å²) >= 11 is 0. The summed E-state index contributed by atoms with van der Waals surface area (Å²) in [5, 5.41) is 19.3.